The van der Waals surface area contributed by atoms with Crippen LogP contribution >= 0.6 is 31.9 Å². The molecule has 2 nitrogen and oxygen atoms in total. The van der Waals surface area contributed by atoms with Gasteiger partial charge in [0.05, 0.1) is 16.7 Å². The number of hydrogen-bond donors (Lipinski definition) is 0. The second kappa shape index (κ2) is 6.16. The first kappa shape index (κ1) is 14.5. The molecule has 0 saturated carbocycles. The number of aryl methyl sites for hydroxylation is 1. The number of halogens is 2. The molecule has 106 valence electrons. The summed E-state index contributed by atoms with van der Waals surface area (Å²) in [6.45, 7) is 2.10. The Bertz CT molecular complexity index is 750. The van der Waals surface area contributed by atoms with E-state index in [9.17, 15) is 0 Å². The number of alkyl halides is 1. The fourth-order valence-electron chi connectivity index (χ4n) is 2.23. The molecule has 0 aliphatic rings. The van der Waals surface area contributed by atoms with Gasteiger partial charge in [0.25, 0.3) is 0 Å². The van der Waals surface area contributed by atoms with Crippen LogP contribution in [0.5, 0.6) is 0 Å². The van der Waals surface area contributed by atoms with E-state index in [-0.39, 0.29) is 4.83 Å². The predicted molar refractivity (Wildman–Crippen MR) is 93.2 cm³/mol. The molecular weight excluding hydrogens is 392 g/mol. The van der Waals surface area contributed by atoms with Gasteiger partial charge in [-0.15, -0.1) is 0 Å². The van der Waals surface area contributed by atoms with Crippen molar-refractivity contribution < 1.29 is 0 Å². The molecule has 0 aliphatic carbocycles. The van der Waals surface area contributed by atoms with Crippen LogP contribution in [0.2, 0.25) is 0 Å². The van der Waals surface area contributed by atoms with Crippen LogP contribution in [-0.2, 0) is 0 Å². The molecule has 21 heavy (non-hydrogen) atoms. The molecule has 0 amide bonds. The quantitative estimate of drug-likeness (QED) is 0.531. The summed E-state index contributed by atoms with van der Waals surface area (Å²) in [5.41, 5.74) is 4.63. The lowest BCUT2D eigenvalue weighted by molar-refractivity contribution is 0.880. The summed E-state index contributed by atoms with van der Waals surface area (Å²) in [5, 5.41) is 4.46. The lowest BCUT2D eigenvalue weighted by Gasteiger charge is -2.12. The van der Waals surface area contributed by atoms with Crippen molar-refractivity contribution in [2.75, 3.05) is 0 Å². The highest BCUT2D eigenvalue weighted by atomic mass is 79.9. The molecule has 1 atom stereocenters. The molecule has 2 aromatic carbocycles. The largest absolute Gasteiger partial charge is 0.241 e. The summed E-state index contributed by atoms with van der Waals surface area (Å²) in [5.74, 6) is 0. The van der Waals surface area contributed by atoms with E-state index in [4.69, 9.17) is 0 Å². The molecule has 1 heterocycles. The molecule has 4 heteroatoms. The van der Waals surface area contributed by atoms with Crippen molar-refractivity contribution in [1.29, 1.82) is 0 Å². The number of aromatic nitrogens is 2. The summed E-state index contributed by atoms with van der Waals surface area (Å²) < 4.78 is 3.03. The van der Waals surface area contributed by atoms with Crippen LogP contribution in [0.4, 0.5) is 0 Å². The Morgan fingerprint density at radius 3 is 2.57 bits per heavy atom. The van der Waals surface area contributed by atoms with Crippen molar-refractivity contribution in [3.63, 3.8) is 0 Å². The first-order valence-corrected chi connectivity index (χ1v) is 8.37. The average Bonchev–Trinajstić information content (AvgIpc) is 3.00. The standard InChI is InChI=1S/C17H14Br2N2/c1-12-6-5-9-15(16(12)18)17(19)13-10-20-21(11-13)14-7-3-2-4-8-14/h2-11,17H,1H3. The van der Waals surface area contributed by atoms with E-state index in [2.05, 4.69) is 68.3 Å². The van der Waals surface area contributed by atoms with Gasteiger partial charge in [0.15, 0.2) is 0 Å². The highest BCUT2D eigenvalue weighted by Gasteiger charge is 2.16. The second-order valence-electron chi connectivity index (χ2n) is 4.89. The zero-order valence-electron chi connectivity index (χ0n) is 11.5. The van der Waals surface area contributed by atoms with Crippen LogP contribution < -0.4 is 0 Å². The molecule has 3 aromatic rings. The third-order valence-corrected chi connectivity index (χ3v) is 5.52. The number of rotatable bonds is 3. The summed E-state index contributed by atoms with van der Waals surface area (Å²) in [6, 6.07) is 16.4. The minimum Gasteiger partial charge on any atom is -0.241 e. The Morgan fingerprint density at radius 2 is 1.81 bits per heavy atom. The topological polar surface area (TPSA) is 17.8 Å². The van der Waals surface area contributed by atoms with Crippen LogP contribution in [0.1, 0.15) is 21.5 Å². The van der Waals surface area contributed by atoms with E-state index < -0.39 is 0 Å². The highest BCUT2D eigenvalue weighted by Crippen LogP contribution is 2.36. The van der Waals surface area contributed by atoms with E-state index in [1.165, 1.54) is 11.1 Å². The SMILES string of the molecule is Cc1cccc(C(Br)c2cnn(-c3ccccc3)c2)c1Br. The minimum absolute atomic E-state index is 0.115. The van der Waals surface area contributed by atoms with E-state index in [0.29, 0.717) is 0 Å². The summed E-state index contributed by atoms with van der Waals surface area (Å²) in [4.78, 5) is 0.115. The van der Waals surface area contributed by atoms with E-state index in [0.717, 1.165) is 15.7 Å². The molecule has 0 bridgehead atoms. The van der Waals surface area contributed by atoms with Crippen molar-refractivity contribution in [1.82, 2.24) is 9.78 Å². The Kier molecular flexibility index (Phi) is 4.27. The van der Waals surface area contributed by atoms with E-state index in [1.807, 2.05) is 41.2 Å². The first-order valence-electron chi connectivity index (χ1n) is 6.66. The van der Waals surface area contributed by atoms with Crippen molar-refractivity contribution in [3.8, 4) is 5.69 Å². The molecule has 1 unspecified atom stereocenters. The lowest BCUT2D eigenvalue weighted by Crippen LogP contribution is -1.95. The van der Waals surface area contributed by atoms with Gasteiger partial charge in [-0.3, -0.25) is 0 Å². The zero-order chi connectivity index (χ0) is 14.8. The first-order chi connectivity index (χ1) is 10.2. The van der Waals surface area contributed by atoms with E-state index >= 15 is 0 Å². The summed E-state index contributed by atoms with van der Waals surface area (Å²) in [7, 11) is 0. The van der Waals surface area contributed by atoms with Gasteiger partial charge in [-0.25, -0.2) is 4.68 Å². The fraction of sp³-hybridized carbons (Fsp3) is 0.118. The average molecular weight is 406 g/mol. The fourth-order valence-corrected chi connectivity index (χ4v) is 3.65. The molecule has 0 radical (unpaired) electrons. The van der Waals surface area contributed by atoms with Gasteiger partial charge in [-0.2, -0.15) is 5.10 Å². The molecule has 0 spiro atoms. The molecular formula is C17H14Br2N2. The van der Waals surface area contributed by atoms with Crippen molar-refractivity contribution >= 4 is 31.9 Å². The number of nitrogens with zero attached hydrogens (tertiary/aromatic N) is 2. The lowest BCUT2D eigenvalue weighted by atomic mass is 10.1. The Labute approximate surface area is 141 Å². The minimum atomic E-state index is 0.115. The Morgan fingerprint density at radius 1 is 1.05 bits per heavy atom. The van der Waals surface area contributed by atoms with E-state index in [1.54, 1.807) is 0 Å². The summed E-state index contributed by atoms with van der Waals surface area (Å²) in [6.07, 6.45) is 3.96. The van der Waals surface area contributed by atoms with Crippen LogP contribution in [0.25, 0.3) is 5.69 Å². The van der Waals surface area contributed by atoms with Gasteiger partial charge < -0.3 is 0 Å². The molecule has 0 saturated heterocycles. The number of hydrogen-bond acceptors (Lipinski definition) is 1. The third-order valence-electron chi connectivity index (χ3n) is 3.41. The molecule has 0 N–H and O–H groups in total. The Balaban J connectivity index is 1.95. The van der Waals surface area contributed by atoms with Crippen LogP contribution in [0.3, 0.4) is 0 Å². The van der Waals surface area contributed by atoms with Gasteiger partial charge in [0.2, 0.25) is 0 Å². The molecule has 0 fully saturated rings. The molecule has 3 rings (SSSR count). The maximum absolute atomic E-state index is 4.46. The molecule has 1 aromatic heterocycles. The van der Waals surface area contributed by atoms with Crippen molar-refractivity contribution in [2.24, 2.45) is 0 Å². The number of benzene rings is 2. The van der Waals surface area contributed by atoms with Crippen LogP contribution in [0.15, 0.2) is 65.4 Å². The van der Waals surface area contributed by atoms with Crippen LogP contribution in [-0.4, -0.2) is 9.78 Å². The maximum atomic E-state index is 4.46. The Hall–Kier alpha value is -1.39. The predicted octanol–water partition coefficient (Wildman–Crippen LogP) is 5.43. The number of para-hydroxylation sites is 1. The zero-order valence-corrected chi connectivity index (χ0v) is 14.7. The van der Waals surface area contributed by atoms with Gasteiger partial charge in [0.1, 0.15) is 0 Å². The summed E-state index contributed by atoms with van der Waals surface area (Å²) >= 11 is 7.45. The van der Waals surface area contributed by atoms with Crippen molar-refractivity contribution in [3.05, 3.63) is 82.1 Å². The third kappa shape index (κ3) is 2.97. The smallest absolute Gasteiger partial charge is 0.0686 e. The normalized spacial score (nSPS) is 12.3. The highest BCUT2D eigenvalue weighted by molar-refractivity contribution is 9.11. The van der Waals surface area contributed by atoms with Gasteiger partial charge in [0, 0.05) is 16.2 Å². The van der Waals surface area contributed by atoms with Crippen LogP contribution in [0, 0.1) is 6.92 Å². The molecule has 0 aliphatic heterocycles. The second-order valence-corrected chi connectivity index (χ2v) is 6.60. The van der Waals surface area contributed by atoms with Gasteiger partial charge in [-0.05, 0) is 30.2 Å². The van der Waals surface area contributed by atoms with Crippen molar-refractivity contribution in [2.45, 2.75) is 11.8 Å². The van der Waals surface area contributed by atoms with Gasteiger partial charge in [-0.1, -0.05) is 68.3 Å². The monoisotopic (exact) mass is 404 g/mol. The van der Waals surface area contributed by atoms with Gasteiger partial charge >= 0.3 is 0 Å². The maximum Gasteiger partial charge on any atom is 0.0686 e.